The summed E-state index contributed by atoms with van der Waals surface area (Å²) in [5.74, 6) is -0.541. The average molecular weight is 452 g/mol. The summed E-state index contributed by atoms with van der Waals surface area (Å²) in [5.41, 5.74) is -1.91. The van der Waals surface area contributed by atoms with Crippen LogP contribution in [-0.2, 0) is 18.6 Å². The van der Waals surface area contributed by atoms with E-state index in [2.05, 4.69) is 4.52 Å². The zero-order chi connectivity index (χ0) is 21.9. The van der Waals surface area contributed by atoms with Gasteiger partial charge in [-0.2, -0.15) is 0 Å². The largest absolute Gasteiger partial charge is 1.00 e. The van der Waals surface area contributed by atoms with Crippen molar-refractivity contribution in [3.8, 4) is 0 Å². The van der Waals surface area contributed by atoms with Gasteiger partial charge in [-0.15, -0.1) is 0 Å². The fraction of sp³-hybridized carbons (Fsp3) is 0.421. The molecule has 0 amide bonds. The number of phosphoric acid groups is 1. The molecule has 9 nitrogen and oxygen atoms in total. The monoisotopic (exact) mass is 452 g/mol. The van der Waals surface area contributed by atoms with E-state index < -0.39 is 37.7 Å². The van der Waals surface area contributed by atoms with E-state index >= 15 is 0 Å². The van der Waals surface area contributed by atoms with Crippen LogP contribution in [0.4, 0.5) is 0 Å². The number of ether oxygens (including phenoxy) is 1. The van der Waals surface area contributed by atoms with Crippen molar-refractivity contribution in [2.75, 3.05) is 6.61 Å². The topological polar surface area (TPSA) is 157 Å². The quantitative estimate of drug-likeness (QED) is 0.0870. The van der Waals surface area contributed by atoms with Crippen molar-refractivity contribution in [2.45, 2.75) is 43.7 Å². The smallest absolute Gasteiger partial charge is 0.756 e. The molecule has 0 aliphatic carbocycles. The number of aliphatic hydroxyl groups is 3. The summed E-state index contributed by atoms with van der Waals surface area (Å²) < 4.78 is 20.8. The predicted octanol–water partition coefficient (Wildman–Crippen LogP) is -2.57. The summed E-state index contributed by atoms with van der Waals surface area (Å²) >= 11 is 0. The first-order valence-electron chi connectivity index (χ1n) is 8.83. The zero-order valence-electron chi connectivity index (χ0n) is 16.9. The predicted molar refractivity (Wildman–Crippen MR) is 103 cm³/mol. The van der Waals surface area contributed by atoms with Crippen LogP contribution in [-0.4, -0.2) is 56.7 Å². The Morgan fingerprint density at radius 2 is 2.07 bits per heavy atom. The third-order valence-electron chi connectivity index (χ3n) is 3.81. The average Bonchev–Trinajstić information content (AvgIpc) is 2.61. The number of hydrogen-bond donors (Lipinski definition) is 4. The number of cyclic esters (lactones) is 1. The van der Waals surface area contributed by atoms with E-state index in [1.165, 1.54) is 43.4 Å². The van der Waals surface area contributed by atoms with Crippen LogP contribution in [0.3, 0.4) is 0 Å². The third kappa shape index (κ3) is 12.8. The molecular weight excluding hydrogens is 426 g/mol. The molecule has 0 fully saturated rings. The molecule has 5 atom stereocenters. The third-order valence-corrected chi connectivity index (χ3v) is 4.34. The molecule has 1 rings (SSSR count). The Morgan fingerprint density at radius 1 is 1.40 bits per heavy atom. The van der Waals surface area contributed by atoms with Gasteiger partial charge in [-0.05, 0) is 13.0 Å². The normalized spacial score (nSPS) is 23.4. The van der Waals surface area contributed by atoms with Crippen molar-refractivity contribution in [2.24, 2.45) is 0 Å². The molecule has 0 radical (unpaired) electrons. The molecule has 30 heavy (non-hydrogen) atoms. The fourth-order valence-electron chi connectivity index (χ4n) is 2.37. The van der Waals surface area contributed by atoms with Crippen LogP contribution in [0.5, 0.6) is 0 Å². The number of carbonyl (C=O) groups is 1. The van der Waals surface area contributed by atoms with Crippen LogP contribution in [0.25, 0.3) is 0 Å². The summed E-state index contributed by atoms with van der Waals surface area (Å²) in [6.07, 6.45) is 11.2. The van der Waals surface area contributed by atoms with Crippen molar-refractivity contribution < 1.29 is 73.3 Å². The Kier molecular flexibility index (Phi) is 13.9. The van der Waals surface area contributed by atoms with Gasteiger partial charge in [-0.25, -0.2) is 4.79 Å². The Bertz CT molecular complexity index is 722. The summed E-state index contributed by atoms with van der Waals surface area (Å²) in [4.78, 5) is 31.5. The second-order valence-corrected chi connectivity index (χ2v) is 7.59. The second-order valence-electron chi connectivity index (χ2n) is 6.44. The van der Waals surface area contributed by atoms with Crippen molar-refractivity contribution in [1.82, 2.24) is 0 Å². The molecule has 1 heterocycles. The first-order chi connectivity index (χ1) is 13.5. The summed E-state index contributed by atoms with van der Waals surface area (Å²) in [6, 6.07) is 0. The van der Waals surface area contributed by atoms with Gasteiger partial charge < -0.3 is 34.4 Å². The summed E-state index contributed by atoms with van der Waals surface area (Å²) in [7, 11) is -5.21. The maximum atomic E-state index is 11.2. The first kappa shape index (κ1) is 29.2. The van der Waals surface area contributed by atoms with Crippen LogP contribution in [0, 0.1) is 0 Å². The van der Waals surface area contributed by atoms with Gasteiger partial charge in [-0.3, -0.25) is 4.57 Å². The number of aliphatic hydroxyl groups excluding tert-OH is 2. The van der Waals surface area contributed by atoms with Gasteiger partial charge in [0.1, 0.15) is 17.8 Å². The summed E-state index contributed by atoms with van der Waals surface area (Å²) in [5, 5.41) is 29.3. The number of hydrogen-bond acceptors (Lipinski definition) is 8. The maximum absolute atomic E-state index is 11.2. The standard InChI is InChI=1S/C19H27O9P.Na/c1-19(23,12-11-16-9-7-10-18(22)27-16)17(28-29(24,25)26)14-15(21)8-5-3-2-4-6-13-20;/h2-8,10-12,15-17,20-21,23H,9,13-14H2,1H3,(H2,24,25,26);/q;+1/p-1/t15?,16?,17?,19-;/m1./s1. The molecule has 1 aliphatic heterocycles. The van der Waals surface area contributed by atoms with Gasteiger partial charge >= 0.3 is 35.5 Å². The second kappa shape index (κ2) is 14.3. The molecule has 0 spiro atoms. The number of allylic oxidation sites excluding steroid dienone is 4. The van der Waals surface area contributed by atoms with Gasteiger partial charge in [0.25, 0.3) is 7.82 Å². The number of phosphoric ester groups is 1. The van der Waals surface area contributed by atoms with Gasteiger partial charge in [0.15, 0.2) is 0 Å². The first-order valence-corrected chi connectivity index (χ1v) is 10.3. The SMILES string of the molecule is C[C@@](O)(C=CC1CC=CC(=O)O1)C(CC(O)C=CC=CC=CCO)OP(=O)([O-])O.[Na+]. The zero-order valence-corrected chi connectivity index (χ0v) is 19.8. The van der Waals surface area contributed by atoms with Gasteiger partial charge in [0.05, 0.1) is 12.7 Å². The Morgan fingerprint density at radius 3 is 2.67 bits per heavy atom. The Labute approximate surface area is 197 Å². The molecule has 4 unspecified atom stereocenters. The number of esters is 1. The van der Waals surface area contributed by atoms with Crippen LogP contribution >= 0.6 is 7.82 Å². The van der Waals surface area contributed by atoms with Crippen molar-refractivity contribution in [3.05, 3.63) is 60.8 Å². The van der Waals surface area contributed by atoms with E-state index in [1.54, 1.807) is 24.3 Å². The fourth-order valence-corrected chi connectivity index (χ4v) is 2.99. The van der Waals surface area contributed by atoms with E-state index in [4.69, 9.17) is 14.7 Å². The minimum Gasteiger partial charge on any atom is -0.756 e. The molecule has 0 aromatic carbocycles. The van der Waals surface area contributed by atoms with Crippen LogP contribution in [0.2, 0.25) is 0 Å². The molecule has 0 saturated carbocycles. The van der Waals surface area contributed by atoms with Crippen LogP contribution in [0.1, 0.15) is 19.8 Å². The molecular formula is C19H26NaO9P. The van der Waals surface area contributed by atoms with E-state index in [9.17, 15) is 24.5 Å². The molecule has 0 bridgehead atoms. The van der Waals surface area contributed by atoms with Gasteiger partial charge in [0, 0.05) is 18.9 Å². The minimum absolute atomic E-state index is 0. The van der Waals surface area contributed by atoms with Crippen molar-refractivity contribution in [3.63, 3.8) is 0 Å². The number of rotatable bonds is 11. The van der Waals surface area contributed by atoms with E-state index in [-0.39, 0.29) is 42.6 Å². The van der Waals surface area contributed by atoms with Crippen LogP contribution < -0.4 is 34.5 Å². The van der Waals surface area contributed by atoms with E-state index in [1.807, 2.05) is 0 Å². The van der Waals surface area contributed by atoms with E-state index in [0.717, 1.165) is 0 Å². The van der Waals surface area contributed by atoms with Crippen LogP contribution in [0.15, 0.2) is 60.8 Å². The molecule has 11 heteroatoms. The summed E-state index contributed by atoms with van der Waals surface area (Å²) in [6.45, 7) is 1.13. The van der Waals surface area contributed by atoms with E-state index in [0.29, 0.717) is 6.42 Å². The number of carbonyl (C=O) groups excluding carboxylic acids is 1. The van der Waals surface area contributed by atoms with Crippen molar-refractivity contribution >= 4 is 13.8 Å². The molecule has 4 N–H and O–H groups in total. The molecule has 0 saturated heterocycles. The maximum Gasteiger partial charge on any atom is 1.00 e. The molecule has 1 aliphatic rings. The molecule has 0 aromatic rings. The minimum atomic E-state index is -5.21. The Balaban J connectivity index is 0.00000841. The molecule has 162 valence electrons. The van der Waals surface area contributed by atoms with Crippen molar-refractivity contribution in [1.29, 1.82) is 0 Å². The van der Waals surface area contributed by atoms with Gasteiger partial charge in [-0.1, -0.05) is 48.6 Å². The van der Waals surface area contributed by atoms with Gasteiger partial charge in [0.2, 0.25) is 0 Å². The Hall–Kier alpha value is -0.840. The molecule has 0 aromatic heterocycles.